The topological polar surface area (TPSA) is 80.6 Å². The van der Waals surface area contributed by atoms with Crippen molar-refractivity contribution in [3.63, 3.8) is 0 Å². The highest BCUT2D eigenvalue weighted by Gasteiger charge is 2.12. The van der Waals surface area contributed by atoms with Gasteiger partial charge in [0.05, 0.1) is 6.61 Å². The Hall–Kier alpha value is -3.09. The number of amides is 2. The number of benzene rings is 1. The lowest BCUT2D eigenvalue weighted by molar-refractivity contribution is 0.262. The summed E-state index contributed by atoms with van der Waals surface area (Å²) in [5.74, 6) is 0.870. The number of fused-ring (bicyclic) bond motifs is 1. The van der Waals surface area contributed by atoms with E-state index in [1.165, 1.54) is 0 Å². The molecule has 0 atom stereocenters. The van der Waals surface area contributed by atoms with Gasteiger partial charge in [0.25, 0.3) is 0 Å². The molecule has 0 bridgehead atoms. The number of rotatable bonds is 4. The molecule has 0 saturated carbocycles. The molecule has 3 rings (SSSR count). The van der Waals surface area contributed by atoms with E-state index in [1.807, 2.05) is 44.2 Å². The molecule has 0 aliphatic carbocycles. The fourth-order valence-electron chi connectivity index (χ4n) is 2.15. The van der Waals surface area contributed by atoms with Crippen molar-refractivity contribution in [2.75, 3.05) is 17.2 Å². The number of carbonyl (C=O) groups is 1. The van der Waals surface area contributed by atoms with Crippen LogP contribution in [0, 0.1) is 6.92 Å². The molecule has 0 aliphatic rings. The van der Waals surface area contributed by atoms with Crippen molar-refractivity contribution in [2.45, 2.75) is 13.8 Å². The lowest BCUT2D eigenvalue weighted by Crippen LogP contribution is -2.21. The summed E-state index contributed by atoms with van der Waals surface area (Å²) >= 11 is 0. The summed E-state index contributed by atoms with van der Waals surface area (Å²) in [6, 6.07) is 12.5. The minimum atomic E-state index is -0.394. The Labute approximate surface area is 133 Å². The number of carbonyl (C=O) groups excluding carboxylic acids is 1. The van der Waals surface area contributed by atoms with Crippen LogP contribution in [0.2, 0.25) is 0 Å². The predicted octanol–water partition coefficient (Wildman–Crippen LogP) is 3.08. The summed E-state index contributed by atoms with van der Waals surface area (Å²) in [6.45, 7) is 4.38. The molecule has 0 unspecified atom stereocenters. The van der Waals surface area contributed by atoms with Gasteiger partial charge in [0, 0.05) is 5.69 Å². The van der Waals surface area contributed by atoms with Crippen LogP contribution in [-0.4, -0.2) is 27.2 Å². The highest BCUT2D eigenvalue weighted by Crippen LogP contribution is 2.19. The molecule has 7 nitrogen and oxygen atoms in total. The third-order valence-electron chi connectivity index (χ3n) is 3.22. The first kappa shape index (κ1) is 14.8. The zero-order chi connectivity index (χ0) is 16.2. The van der Waals surface area contributed by atoms with Crippen LogP contribution in [0.25, 0.3) is 5.65 Å². The van der Waals surface area contributed by atoms with Gasteiger partial charge in [-0.1, -0.05) is 23.8 Å². The van der Waals surface area contributed by atoms with Gasteiger partial charge in [0.15, 0.2) is 5.65 Å². The van der Waals surface area contributed by atoms with Crippen molar-refractivity contribution in [1.82, 2.24) is 14.6 Å². The number of aromatic nitrogens is 3. The molecule has 2 aromatic heterocycles. The highest BCUT2D eigenvalue weighted by molar-refractivity contribution is 5.98. The van der Waals surface area contributed by atoms with Crippen molar-refractivity contribution in [3.05, 3.63) is 48.0 Å². The number of hydrogen-bond acceptors (Lipinski definition) is 4. The van der Waals surface area contributed by atoms with E-state index in [0.717, 1.165) is 5.56 Å². The summed E-state index contributed by atoms with van der Waals surface area (Å²) in [5.41, 5.74) is 2.43. The Morgan fingerprint density at radius 3 is 2.65 bits per heavy atom. The predicted molar refractivity (Wildman–Crippen MR) is 88.0 cm³/mol. The molecule has 0 radical (unpaired) electrons. The van der Waals surface area contributed by atoms with E-state index in [1.54, 1.807) is 16.5 Å². The zero-order valence-corrected chi connectivity index (χ0v) is 12.9. The summed E-state index contributed by atoms with van der Waals surface area (Å²) in [5, 5.41) is 13.5. The van der Waals surface area contributed by atoms with Gasteiger partial charge in [-0.15, -0.1) is 10.2 Å². The van der Waals surface area contributed by atoms with E-state index in [2.05, 4.69) is 20.8 Å². The standard InChI is InChI=1S/C16H17N5O2/c1-3-23-14-6-4-5-13-19-20-15(21(13)14)18-16(22)17-12-9-7-11(2)8-10-12/h4-10H,3H2,1-2H3,(H2,17,18,20,22). The van der Waals surface area contributed by atoms with Crippen molar-refractivity contribution in [2.24, 2.45) is 0 Å². The number of aryl methyl sites for hydroxylation is 1. The third-order valence-corrected chi connectivity index (χ3v) is 3.22. The van der Waals surface area contributed by atoms with Gasteiger partial charge in [0.2, 0.25) is 11.8 Å². The molecule has 1 aromatic carbocycles. The molecule has 23 heavy (non-hydrogen) atoms. The molecule has 118 valence electrons. The summed E-state index contributed by atoms with van der Waals surface area (Å²) in [4.78, 5) is 12.1. The quantitative estimate of drug-likeness (QED) is 0.776. The molecular formula is C16H17N5O2. The number of ether oxygens (including phenoxy) is 1. The smallest absolute Gasteiger partial charge is 0.326 e. The van der Waals surface area contributed by atoms with Gasteiger partial charge >= 0.3 is 6.03 Å². The fourth-order valence-corrected chi connectivity index (χ4v) is 2.15. The van der Waals surface area contributed by atoms with Crippen molar-refractivity contribution < 1.29 is 9.53 Å². The monoisotopic (exact) mass is 311 g/mol. The summed E-state index contributed by atoms with van der Waals surface area (Å²) < 4.78 is 7.19. The molecule has 0 spiro atoms. The second-order valence-corrected chi connectivity index (χ2v) is 4.96. The molecular weight excluding hydrogens is 294 g/mol. The first-order valence-corrected chi connectivity index (χ1v) is 7.29. The molecule has 0 saturated heterocycles. The van der Waals surface area contributed by atoms with Gasteiger partial charge < -0.3 is 10.1 Å². The van der Waals surface area contributed by atoms with Crippen LogP contribution < -0.4 is 15.4 Å². The average molecular weight is 311 g/mol. The number of nitrogens with one attached hydrogen (secondary N) is 2. The molecule has 0 aliphatic heterocycles. The summed E-state index contributed by atoms with van der Waals surface area (Å²) in [7, 11) is 0. The van der Waals surface area contributed by atoms with E-state index in [-0.39, 0.29) is 0 Å². The largest absolute Gasteiger partial charge is 0.479 e. The molecule has 3 aromatic rings. The zero-order valence-electron chi connectivity index (χ0n) is 12.9. The maximum absolute atomic E-state index is 12.1. The first-order valence-electron chi connectivity index (χ1n) is 7.29. The fraction of sp³-hybridized carbons (Fsp3) is 0.188. The first-order chi connectivity index (χ1) is 11.2. The van der Waals surface area contributed by atoms with Gasteiger partial charge in [-0.3, -0.25) is 5.32 Å². The molecule has 2 N–H and O–H groups in total. The maximum Gasteiger partial charge on any atom is 0.326 e. The van der Waals surface area contributed by atoms with E-state index >= 15 is 0 Å². The van der Waals surface area contributed by atoms with E-state index in [4.69, 9.17) is 4.74 Å². The van der Waals surface area contributed by atoms with Crippen LogP contribution in [0.15, 0.2) is 42.5 Å². The van der Waals surface area contributed by atoms with Crippen molar-refractivity contribution in [3.8, 4) is 5.88 Å². The van der Waals surface area contributed by atoms with Crippen LogP contribution in [0.5, 0.6) is 5.88 Å². The Kier molecular flexibility index (Phi) is 4.09. The van der Waals surface area contributed by atoms with Crippen LogP contribution in [0.4, 0.5) is 16.4 Å². The lowest BCUT2D eigenvalue weighted by atomic mass is 10.2. The Morgan fingerprint density at radius 1 is 1.13 bits per heavy atom. The Bertz CT molecular complexity index is 826. The Balaban J connectivity index is 1.80. The second-order valence-electron chi connectivity index (χ2n) is 4.96. The van der Waals surface area contributed by atoms with E-state index in [0.29, 0.717) is 29.8 Å². The number of nitrogens with zero attached hydrogens (tertiary/aromatic N) is 3. The number of hydrogen-bond donors (Lipinski definition) is 2. The maximum atomic E-state index is 12.1. The number of anilines is 2. The van der Waals surface area contributed by atoms with Gasteiger partial charge in [0.1, 0.15) is 0 Å². The number of urea groups is 1. The average Bonchev–Trinajstić information content (AvgIpc) is 2.94. The molecule has 2 amide bonds. The SMILES string of the molecule is CCOc1cccc2nnc(NC(=O)Nc3ccc(C)cc3)n12. The van der Waals surface area contributed by atoms with Gasteiger partial charge in [-0.2, -0.15) is 0 Å². The normalized spacial score (nSPS) is 10.5. The van der Waals surface area contributed by atoms with Crippen LogP contribution in [0.3, 0.4) is 0 Å². The number of pyridine rings is 1. The summed E-state index contributed by atoms with van der Waals surface area (Å²) in [6.07, 6.45) is 0. The lowest BCUT2D eigenvalue weighted by Gasteiger charge is -2.09. The van der Waals surface area contributed by atoms with Crippen LogP contribution >= 0.6 is 0 Å². The third kappa shape index (κ3) is 3.23. The van der Waals surface area contributed by atoms with E-state index < -0.39 is 6.03 Å². The molecule has 0 fully saturated rings. The van der Waals surface area contributed by atoms with Crippen LogP contribution in [0.1, 0.15) is 12.5 Å². The molecule has 7 heteroatoms. The highest BCUT2D eigenvalue weighted by atomic mass is 16.5. The van der Waals surface area contributed by atoms with E-state index in [9.17, 15) is 4.79 Å². The molecule has 2 heterocycles. The van der Waals surface area contributed by atoms with Crippen molar-refractivity contribution in [1.29, 1.82) is 0 Å². The van der Waals surface area contributed by atoms with Crippen molar-refractivity contribution >= 4 is 23.3 Å². The minimum absolute atomic E-state index is 0.300. The minimum Gasteiger partial charge on any atom is -0.479 e. The van der Waals surface area contributed by atoms with Crippen LogP contribution in [-0.2, 0) is 0 Å². The Morgan fingerprint density at radius 2 is 1.91 bits per heavy atom. The van der Waals surface area contributed by atoms with Gasteiger partial charge in [-0.25, -0.2) is 9.20 Å². The van der Waals surface area contributed by atoms with Gasteiger partial charge in [-0.05, 0) is 38.1 Å². The second kappa shape index (κ2) is 6.35.